The molecule has 2 amide bonds. The van der Waals surface area contributed by atoms with E-state index >= 15 is 4.39 Å². The van der Waals surface area contributed by atoms with Gasteiger partial charge in [0.05, 0.1) is 28.8 Å². The number of nitrogens with zero attached hydrogens (tertiary/aromatic N) is 6. The van der Waals surface area contributed by atoms with Gasteiger partial charge in [0.15, 0.2) is 5.65 Å². The minimum absolute atomic E-state index is 0.0520. The lowest BCUT2D eigenvalue weighted by Crippen LogP contribution is -2.61. The van der Waals surface area contributed by atoms with E-state index in [0.717, 1.165) is 29.5 Å². The Hall–Kier alpha value is -5.39. The van der Waals surface area contributed by atoms with E-state index in [1.807, 2.05) is 50.8 Å². The van der Waals surface area contributed by atoms with Crippen LogP contribution in [0.2, 0.25) is 0 Å². The zero-order valence-corrected chi connectivity index (χ0v) is 28.4. The third-order valence-corrected chi connectivity index (χ3v) is 10.2. The third-order valence-electron chi connectivity index (χ3n) is 10.2. The number of H-pyrrole nitrogens is 1. The van der Waals surface area contributed by atoms with E-state index < -0.39 is 17.3 Å². The quantitative estimate of drug-likeness (QED) is 0.240. The first kappa shape index (κ1) is 32.2. The molecule has 12 heteroatoms. The Morgan fingerprint density at radius 1 is 1.08 bits per heavy atom. The molecular weight excluding hydrogens is 623 g/mol. The number of likely N-dealkylation sites (tertiary alicyclic amines) is 1. The Balaban J connectivity index is 1.51. The smallest absolute Gasteiger partial charge is 0.271 e. The summed E-state index contributed by atoms with van der Waals surface area (Å²) >= 11 is 0. The first-order chi connectivity index (χ1) is 23.5. The molecular formula is C37H39FN8O3. The Morgan fingerprint density at radius 2 is 1.82 bits per heavy atom. The molecule has 2 aliphatic heterocycles. The molecule has 0 bridgehead atoms. The van der Waals surface area contributed by atoms with Crippen LogP contribution < -0.4 is 15.8 Å². The lowest BCUT2D eigenvalue weighted by atomic mass is 9.71. The summed E-state index contributed by atoms with van der Waals surface area (Å²) in [5, 5.41) is 10.9. The first-order valence-corrected chi connectivity index (χ1v) is 16.5. The van der Waals surface area contributed by atoms with Crippen LogP contribution >= 0.6 is 0 Å². The van der Waals surface area contributed by atoms with Crippen LogP contribution in [0.4, 0.5) is 10.1 Å². The van der Waals surface area contributed by atoms with Crippen LogP contribution in [0.25, 0.3) is 38.9 Å². The number of carbonyl (C=O) groups is 2. The number of benzene rings is 1. The van der Waals surface area contributed by atoms with Crippen LogP contribution in [-0.2, 0) is 4.79 Å². The number of hydrogen-bond acceptors (Lipinski definition) is 7. The van der Waals surface area contributed by atoms with Crippen LogP contribution in [0.15, 0.2) is 54.1 Å². The largest absolute Gasteiger partial charge is 0.370 e. The molecule has 0 radical (unpaired) electrons. The fraction of sp³-hybridized carbons (Fsp3) is 0.351. The van der Waals surface area contributed by atoms with Crippen molar-refractivity contribution in [3.8, 4) is 16.9 Å². The predicted octanol–water partition coefficient (Wildman–Crippen LogP) is 5.18. The van der Waals surface area contributed by atoms with Crippen molar-refractivity contribution in [2.45, 2.75) is 46.5 Å². The van der Waals surface area contributed by atoms with Gasteiger partial charge in [-0.3, -0.25) is 29.0 Å². The van der Waals surface area contributed by atoms with Crippen LogP contribution in [0.5, 0.6) is 0 Å². The molecule has 5 aromatic rings. The molecule has 0 aliphatic carbocycles. The molecule has 1 aromatic carbocycles. The number of aryl methyl sites for hydroxylation is 2. The number of fused-ring (bicyclic) bond motifs is 2. The maximum absolute atomic E-state index is 16.7. The number of carbonyl (C=O) groups excluding carboxylic acids is 2. The van der Waals surface area contributed by atoms with E-state index in [1.165, 1.54) is 23.8 Å². The van der Waals surface area contributed by atoms with Gasteiger partial charge in [-0.15, -0.1) is 0 Å². The van der Waals surface area contributed by atoms with Crippen molar-refractivity contribution in [2.75, 3.05) is 38.1 Å². The van der Waals surface area contributed by atoms with Gasteiger partial charge in [0.1, 0.15) is 17.1 Å². The second-order valence-corrected chi connectivity index (χ2v) is 13.6. The number of hydrogen-bond donors (Lipinski definition) is 2. The molecule has 0 saturated carbocycles. The van der Waals surface area contributed by atoms with Gasteiger partial charge in [0.25, 0.3) is 11.5 Å². The van der Waals surface area contributed by atoms with Gasteiger partial charge in [-0.05, 0) is 68.0 Å². The monoisotopic (exact) mass is 662 g/mol. The lowest BCUT2D eigenvalue weighted by molar-refractivity contribution is -0.139. The van der Waals surface area contributed by atoms with Gasteiger partial charge in [0.2, 0.25) is 5.91 Å². The number of anilines is 1. The SMILES string of the molecule is C=CC(=O)N1CC2(CCN(c3c(C(=O)NC)c(=O)n(-c4c(C)ccnc4C(C)C)c4nc(-c5c(C)ccc6[nH]ncc56)c(F)cc34)CC2)C1. The summed E-state index contributed by atoms with van der Waals surface area (Å²) in [7, 11) is 1.48. The van der Waals surface area contributed by atoms with E-state index in [1.54, 1.807) is 17.3 Å². The fourth-order valence-electron chi connectivity index (χ4n) is 7.60. The van der Waals surface area contributed by atoms with Crippen molar-refractivity contribution in [2.24, 2.45) is 5.41 Å². The van der Waals surface area contributed by atoms with E-state index in [0.29, 0.717) is 59.6 Å². The van der Waals surface area contributed by atoms with Crippen molar-refractivity contribution in [3.63, 3.8) is 0 Å². The minimum atomic E-state index is -0.586. The molecule has 1 spiro atoms. The Morgan fingerprint density at radius 3 is 2.49 bits per heavy atom. The summed E-state index contributed by atoms with van der Waals surface area (Å²) in [6, 6.07) is 6.99. The standard InChI is InChI=1S/C37H39FN8O3/c1-7-27(47)45-18-37(19-45)11-14-44(15-12-37)33-23-16-25(38)31(28-21(4)8-9-26-24(28)17-41-43-26)42-34(23)46(36(49)29(33)35(48)39-6)32-22(5)10-13-40-30(32)20(2)3/h7-10,13,16-17,20H,1,11-12,14-15,18-19H2,2-6H3,(H,39,48)(H,41,43). The second kappa shape index (κ2) is 11.9. The average Bonchev–Trinajstić information content (AvgIpc) is 3.55. The van der Waals surface area contributed by atoms with Crippen LogP contribution in [0.3, 0.4) is 0 Å². The zero-order valence-electron chi connectivity index (χ0n) is 28.4. The molecule has 0 atom stereocenters. The van der Waals surface area contributed by atoms with Crippen molar-refractivity contribution in [3.05, 3.63) is 87.9 Å². The van der Waals surface area contributed by atoms with Crippen molar-refractivity contribution < 1.29 is 14.0 Å². The second-order valence-electron chi connectivity index (χ2n) is 13.6. The number of aromatic amines is 1. The first-order valence-electron chi connectivity index (χ1n) is 16.5. The molecule has 2 N–H and O–H groups in total. The van der Waals surface area contributed by atoms with Gasteiger partial charge in [-0.2, -0.15) is 5.10 Å². The molecule has 2 aliphatic rings. The van der Waals surface area contributed by atoms with E-state index in [-0.39, 0.29) is 34.1 Å². The summed E-state index contributed by atoms with van der Waals surface area (Å²) in [5.74, 6) is -1.32. The molecule has 2 saturated heterocycles. The van der Waals surface area contributed by atoms with Gasteiger partial charge in [0, 0.05) is 61.2 Å². The normalized spacial score (nSPS) is 15.7. The van der Waals surface area contributed by atoms with Crippen molar-refractivity contribution in [1.82, 2.24) is 34.9 Å². The summed E-state index contributed by atoms with van der Waals surface area (Å²) < 4.78 is 18.1. The molecule has 11 nitrogen and oxygen atoms in total. The lowest BCUT2D eigenvalue weighted by Gasteiger charge is -2.54. The Bertz CT molecular complexity index is 2240. The fourth-order valence-corrected chi connectivity index (χ4v) is 7.60. The van der Waals surface area contributed by atoms with Crippen LogP contribution in [0.1, 0.15) is 59.8 Å². The molecule has 0 unspecified atom stereocenters. The number of amides is 2. The maximum Gasteiger partial charge on any atom is 0.271 e. The molecule has 4 aromatic heterocycles. The molecule has 49 heavy (non-hydrogen) atoms. The summed E-state index contributed by atoms with van der Waals surface area (Å²) in [6.07, 6.45) is 6.15. The number of aromatic nitrogens is 5. The topological polar surface area (TPSA) is 129 Å². The highest BCUT2D eigenvalue weighted by molar-refractivity contribution is 6.08. The highest BCUT2D eigenvalue weighted by atomic mass is 19.1. The van der Waals surface area contributed by atoms with Crippen molar-refractivity contribution >= 4 is 39.4 Å². The highest BCUT2D eigenvalue weighted by Gasteiger charge is 2.47. The third kappa shape index (κ3) is 5.08. The van der Waals surface area contributed by atoms with Gasteiger partial charge in [-0.25, -0.2) is 9.37 Å². The van der Waals surface area contributed by atoms with Crippen molar-refractivity contribution in [1.29, 1.82) is 0 Å². The zero-order chi connectivity index (χ0) is 34.8. The van der Waals surface area contributed by atoms with Gasteiger partial charge < -0.3 is 15.1 Å². The minimum Gasteiger partial charge on any atom is -0.370 e. The number of piperidine rings is 1. The van der Waals surface area contributed by atoms with E-state index in [2.05, 4.69) is 27.1 Å². The van der Waals surface area contributed by atoms with Crippen LogP contribution in [0, 0.1) is 25.1 Å². The summed E-state index contributed by atoms with van der Waals surface area (Å²) in [4.78, 5) is 54.3. The maximum atomic E-state index is 16.7. The Labute approximate surface area is 282 Å². The number of rotatable bonds is 6. The number of pyridine rings is 3. The molecule has 252 valence electrons. The van der Waals surface area contributed by atoms with Crippen LogP contribution in [-0.4, -0.2) is 74.7 Å². The van der Waals surface area contributed by atoms with Gasteiger partial charge in [-0.1, -0.05) is 26.5 Å². The average molecular weight is 663 g/mol. The van der Waals surface area contributed by atoms with Gasteiger partial charge >= 0.3 is 0 Å². The highest BCUT2D eigenvalue weighted by Crippen LogP contribution is 2.44. The number of halogens is 1. The summed E-state index contributed by atoms with van der Waals surface area (Å²) in [6.45, 7) is 13.6. The Kier molecular flexibility index (Phi) is 7.84. The molecule has 7 rings (SSSR count). The van der Waals surface area contributed by atoms with E-state index in [9.17, 15) is 14.4 Å². The van der Waals surface area contributed by atoms with E-state index in [4.69, 9.17) is 4.98 Å². The molecule has 2 fully saturated rings. The number of nitrogens with one attached hydrogen (secondary N) is 2. The predicted molar refractivity (Wildman–Crippen MR) is 188 cm³/mol. The molecule has 6 heterocycles. The summed E-state index contributed by atoms with van der Waals surface area (Å²) in [5.41, 5.74) is 4.00.